The molecule has 2 amide bonds. The molecule has 0 aliphatic carbocycles. The van der Waals surface area contributed by atoms with Gasteiger partial charge in [0.15, 0.2) is 0 Å². The second-order valence-corrected chi connectivity index (χ2v) is 6.44. The maximum absolute atomic E-state index is 12.3. The molecule has 1 aliphatic rings. The maximum atomic E-state index is 12.3. The minimum Gasteiger partial charge on any atom is -0.425 e. The fourth-order valence-corrected chi connectivity index (χ4v) is 2.85. The standard InChI is InChI=1S/C16H28N4O4/c1-11(2)14-18-19-15(24-14)13-9-20(8-12(13)10-23-4)16(21)17-6-5-7-22-3/h11-13H,5-10H2,1-4H3,(H,17,21)/t12-,13+/m0/s1. The van der Waals surface area contributed by atoms with Gasteiger partial charge in [0.25, 0.3) is 0 Å². The number of nitrogens with zero attached hydrogens (tertiary/aromatic N) is 3. The number of hydrogen-bond acceptors (Lipinski definition) is 6. The predicted molar refractivity (Wildman–Crippen MR) is 88.0 cm³/mol. The van der Waals surface area contributed by atoms with Crippen molar-refractivity contribution >= 4 is 6.03 Å². The van der Waals surface area contributed by atoms with Gasteiger partial charge in [-0.25, -0.2) is 4.79 Å². The van der Waals surface area contributed by atoms with E-state index in [-0.39, 0.29) is 23.8 Å². The summed E-state index contributed by atoms with van der Waals surface area (Å²) in [4.78, 5) is 14.1. The summed E-state index contributed by atoms with van der Waals surface area (Å²) in [7, 11) is 3.32. The summed E-state index contributed by atoms with van der Waals surface area (Å²) >= 11 is 0. The Labute approximate surface area is 142 Å². The van der Waals surface area contributed by atoms with Crippen LogP contribution in [0.3, 0.4) is 0 Å². The molecule has 0 bridgehead atoms. The lowest BCUT2D eigenvalue weighted by atomic mass is 9.97. The van der Waals surface area contributed by atoms with Crippen LogP contribution in [-0.4, -0.2) is 68.2 Å². The van der Waals surface area contributed by atoms with Gasteiger partial charge in [-0.15, -0.1) is 10.2 Å². The van der Waals surface area contributed by atoms with Gasteiger partial charge in [0.05, 0.1) is 12.5 Å². The van der Waals surface area contributed by atoms with Gasteiger partial charge in [0, 0.05) is 52.3 Å². The third-order valence-corrected chi connectivity index (χ3v) is 4.18. The van der Waals surface area contributed by atoms with Crippen molar-refractivity contribution in [2.24, 2.45) is 5.92 Å². The van der Waals surface area contributed by atoms with E-state index in [9.17, 15) is 4.79 Å². The number of urea groups is 1. The molecule has 1 aliphatic heterocycles. The fourth-order valence-electron chi connectivity index (χ4n) is 2.85. The van der Waals surface area contributed by atoms with Crippen molar-refractivity contribution in [3.05, 3.63) is 11.8 Å². The average Bonchev–Trinajstić information content (AvgIpc) is 3.18. The Morgan fingerprint density at radius 1 is 1.33 bits per heavy atom. The van der Waals surface area contributed by atoms with Crippen LogP contribution < -0.4 is 5.32 Å². The number of carbonyl (C=O) groups is 1. The van der Waals surface area contributed by atoms with Gasteiger partial charge in [-0.3, -0.25) is 0 Å². The topological polar surface area (TPSA) is 89.7 Å². The van der Waals surface area contributed by atoms with Gasteiger partial charge in [-0.1, -0.05) is 13.8 Å². The minimum atomic E-state index is -0.0710. The molecule has 136 valence electrons. The SMILES string of the molecule is COCCCNC(=O)N1C[C@@H](COC)[C@H](c2nnc(C(C)C)o2)C1. The van der Waals surface area contributed by atoms with Crippen molar-refractivity contribution < 1.29 is 18.7 Å². The normalized spacial score (nSPS) is 20.8. The van der Waals surface area contributed by atoms with Gasteiger partial charge in [-0.05, 0) is 6.42 Å². The van der Waals surface area contributed by atoms with Crippen LogP contribution in [0.1, 0.15) is 43.9 Å². The zero-order valence-electron chi connectivity index (χ0n) is 14.9. The maximum Gasteiger partial charge on any atom is 0.317 e. The summed E-state index contributed by atoms with van der Waals surface area (Å²) in [6.45, 7) is 6.99. The van der Waals surface area contributed by atoms with E-state index < -0.39 is 0 Å². The quantitative estimate of drug-likeness (QED) is 0.723. The van der Waals surface area contributed by atoms with E-state index in [4.69, 9.17) is 13.9 Å². The van der Waals surface area contributed by atoms with Crippen LogP contribution in [0.4, 0.5) is 4.79 Å². The van der Waals surface area contributed by atoms with Gasteiger partial charge in [0.1, 0.15) is 0 Å². The van der Waals surface area contributed by atoms with E-state index in [0.29, 0.717) is 44.6 Å². The van der Waals surface area contributed by atoms with Crippen LogP contribution in [0.15, 0.2) is 4.42 Å². The molecule has 0 spiro atoms. The second-order valence-electron chi connectivity index (χ2n) is 6.44. The lowest BCUT2D eigenvalue weighted by Crippen LogP contribution is -2.39. The average molecular weight is 340 g/mol. The first kappa shape index (κ1) is 18.7. The molecule has 0 unspecified atom stereocenters. The number of methoxy groups -OCH3 is 2. The fraction of sp³-hybridized carbons (Fsp3) is 0.812. The number of aromatic nitrogens is 2. The highest BCUT2D eigenvalue weighted by Crippen LogP contribution is 2.33. The van der Waals surface area contributed by atoms with Crippen molar-refractivity contribution in [1.29, 1.82) is 0 Å². The van der Waals surface area contributed by atoms with Gasteiger partial charge < -0.3 is 24.1 Å². The van der Waals surface area contributed by atoms with Crippen molar-refractivity contribution in [3.8, 4) is 0 Å². The molecule has 2 atom stereocenters. The second kappa shape index (κ2) is 8.98. The first-order valence-electron chi connectivity index (χ1n) is 8.40. The van der Waals surface area contributed by atoms with Crippen LogP contribution in [-0.2, 0) is 9.47 Å². The summed E-state index contributed by atoms with van der Waals surface area (Å²) in [5.41, 5.74) is 0. The molecule has 2 rings (SSSR count). The molecule has 0 radical (unpaired) electrons. The largest absolute Gasteiger partial charge is 0.425 e. The van der Waals surface area contributed by atoms with Crippen molar-refractivity contribution in [2.45, 2.75) is 32.1 Å². The number of nitrogens with one attached hydrogen (secondary N) is 1. The van der Waals surface area contributed by atoms with Crippen molar-refractivity contribution in [3.63, 3.8) is 0 Å². The number of likely N-dealkylation sites (tertiary alicyclic amines) is 1. The predicted octanol–water partition coefficient (Wildman–Crippen LogP) is 1.60. The number of carbonyl (C=O) groups excluding carboxylic acids is 1. The van der Waals surface area contributed by atoms with Crippen LogP contribution >= 0.6 is 0 Å². The van der Waals surface area contributed by atoms with E-state index in [1.54, 1.807) is 19.1 Å². The van der Waals surface area contributed by atoms with E-state index in [1.807, 2.05) is 13.8 Å². The molecule has 8 heteroatoms. The zero-order chi connectivity index (χ0) is 17.5. The molecule has 1 fully saturated rings. The first-order chi connectivity index (χ1) is 11.6. The number of hydrogen-bond donors (Lipinski definition) is 1. The highest BCUT2D eigenvalue weighted by Gasteiger charge is 2.39. The number of amides is 2. The molecular weight excluding hydrogens is 312 g/mol. The molecule has 0 aromatic carbocycles. The highest BCUT2D eigenvalue weighted by atomic mass is 16.5. The molecule has 1 aromatic heterocycles. The monoisotopic (exact) mass is 340 g/mol. The molecule has 1 saturated heterocycles. The molecule has 2 heterocycles. The van der Waals surface area contributed by atoms with E-state index in [2.05, 4.69) is 15.5 Å². The van der Waals surface area contributed by atoms with Crippen LogP contribution in [0.5, 0.6) is 0 Å². The molecule has 24 heavy (non-hydrogen) atoms. The molecule has 0 saturated carbocycles. The van der Waals surface area contributed by atoms with Crippen LogP contribution in [0, 0.1) is 5.92 Å². The molecular formula is C16H28N4O4. The van der Waals surface area contributed by atoms with Gasteiger partial charge in [-0.2, -0.15) is 0 Å². The number of ether oxygens (including phenoxy) is 2. The summed E-state index contributed by atoms with van der Waals surface area (Å²) in [5, 5.41) is 11.2. The third kappa shape index (κ3) is 4.67. The summed E-state index contributed by atoms with van der Waals surface area (Å²) in [5.74, 6) is 1.57. The molecule has 1 N–H and O–H groups in total. The Morgan fingerprint density at radius 3 is 2.75 bits per heavy atom. The highest BCUT2D eigenvalue weighted by molar-refractivity contribution is 5.74. The Balaban J connectivity index is 1.98. The van der Waals surface area contributed by atoms with Crippen LogP contribution in [0.2, 0.25) is 0 Å². The Bertz CT molecular complexity index is 520. The smallest absolute Gasteiger partial charge is 0.317 e. The number of rotatable bonds is 8. The Kier molecular flexibility index (Phi) is 6.99. The first-order valence-corrected chi connectivity index (χ1v) is 8.40. The summed E-state index contributed by atoms with van der Waals surface area (Å²) in [6.07, 6.45) is 0.794. The van der Waals surface area contributed by atoms with Crippen molar-refractivity contribution in [1.82, 2.24) is 20.4 Å². The summed E-state index contributed by atoms with van der Waals surface area (Å²) in [6, 6.07) is -0.0710. The Hall–Kier alpha value is -1.67. The van der Waals surface area contributed by atoms with Gasteiger partial charge >= 0.3 is 6.03 Å². The van der Waals surface area contributed by atoms with Crippen molar-refractivity contribution in [2.75, 3.05) is 47.1 Å². The van der Waals surface area contributed by atoms with Crippen LogP contribution in [0.25, 0.3) is 0 Å². The Morgan fingerprint density at radius 2 is 2.12 bits per heavy atom. The molecule has 8 nitrogen and oxygen atoms in total. The zero-order valence-corrected chi connectivity index (χ0v) is 14.9. The third-order valence-electron chi connectivity index (χ3n) is 4.18. The van der Waals surface area contributed by atoms with Gasteiger partial charge in [0.2, 0.25) is 11.8 Å². The van der Waals surface area contributed by atoms with E-state index in [0.717, 1.165) is 6.42 Å². The summed E-state index contributed by atoms with van der Waals surface area (Å²) < 4.78 is 16.1. The lowest BCUT2D eigenvalue weighted by Gasteiger charge is -2.17. The van der Waals surface area contributed by atoms with E-state index in [1.165, 1.54) is 0 Å². The van der Waals surface area contributed by atoms with E-state index >= 15 is 0 Å². The lowest BCUT2D eigenvalue weighted by molar-refractivity contribution is 0.144. The molecule has 1 aromatic rings. The minimum absolute atomic E-state index is 0.00896.